The van der Waals surface area contributed by atoms with Crippen molar-refractivity contribution in [1.82, 2.24) is 35.0 Å². The molecule has 2 fully saturated rings. The lowest BCUT2D eigenvalue weighted by Crippen LogP contribution is -2.60. The fraction of sp³-hybridized carbons (Fsp3) is 0.440. The Kier molecular flexibility index (Phi) is 6.02. The van der Waals surface area contributed by atoms with E-state index in [1.54, 1.807) is 0 Å². The number of benzene rings is 1. The number of carbonyl (C=O) groups is 1. The summed E-state index contributed by atoms with van der Waals surface area (Å²) in [5.74, 6) is 0.303. The molecule has 4 heterocycles. The highest BCUT2D eigenvalue weighted by Gasteiger charge is 2.39. The van der Waals surface area contributed by atoms with Crippen LogP contribution >= 0.6 is 0 Å². The van der Waals surface area contributed by atoms with E-state index in [0.717, 1.165) is 24.1 Å². The number of aryl methyl sites for hydroxylation is 1. The third kappa shape index (κ3) is 4.20. The van der Waals surface area contributed by atoms with Crippen LogP contribution in [0.1, 0.15) is 35.3 Å². The summed E-state index contributed by atoms with van der Waals surface area (Å²) in [6.45, 7) is 10.1. The number of morpholine rings is 1. The van der Waals surface area contributed by atoms with E-state index in [1.165, 1.54) is 30.3 Å². The maximum atomic E-state index is 14.8. The molecular weight excluding hydrogens is 479 g/mol. The Morgan fingerprint density at radius 1 is 1.24 bits per heavy atom. The van der Waals surface area contributed by atoms with E-state index in [9.17, 15) is 9.18 Å². The first-order valence-corrected chi connectivity index (χ1v) is 12.2. The Hall–Kier alpha value is -3.95. The van der Waals surface area contributed by atoms with E-state index in [1.807, 2.05) is 17.0 Å². The van der Waals surface area contributed by atoms with Crippen molar-refractivity contribution in [2.75, 3.05) is 39.9 Å². The molecule has 2 aromatic heterocycles. The van der Waals surface area contributed by atoms with Crippen molar-refractivity contribution in [1.29, 1.82) is 0 Å². The fourth-order valence-electron chi connectivity index (χ4n) is 5.56. The SMILES string of the molecule is [C-]#[N+]c1cc([C@H]2CN3CCN(C(=O)C4CCc5nc(-n6cnnn6)ccc54)C[C@@H]3CO2)c(F)cc1OC. The van der Waals surface area contributed by atoms with Crippen LogP contribution in [0, 0.1) is 12.4 Å². The van der Waals surface area contributed by atoms with Crippen LogP contribution in [0.3, 0.4) is 0 Å². The van der Waals surface area contributed by atoms with Crippen molar-refractivity contribution in [2.45, 2.75) is 30.9 Å². The van der Waals surface area contributed by atoms with Gasteiger partial charge in [-0.25, -0.2) is 14.2 Å². The van der Waals surface area contributed by atoms with Gasteiger partial charge in [-0.2, -0.15) is 4.68 Å². The van der Waals surface area contributed by atoms with Crippen LogP contribution in [0.4, 0.5) is 10.1 Å². The largest absolute Gasteiger partial charge is 0.508 e. The van der Waals surface area contributed by atoms with E-state index >= 15 is 0 Å². The topological polar surface area (TPSA) is 103 Å². The van der Waals surface area contributed by atoms with Crippen LogP contribution in [-0.4, -0.2) is 86.8 Å². The number of ether oxygens (including phenoxy) is 2. The lowest BCUT2D eigenvalue weighted by atomic mass is 9.98. The molecule has 1 amide bonds. The van der Waals surface area contributed by atoms with Crippen molar-refractivity contribution in [3.63, 3.8) is 0 Å². The third-order valence-corrected chi connectivity index (χ3v) is 7.49. The van der Waals surface area contributed by atoms with Gasteiger partial charge < -0.3 is 14.4 Å². The maximum absolute atomic E-state index is 14.8. The first-order chi connectivity index (χ1) is 18.1. The second-order valence-electron chi connectivity index (χ2n) is 9.46. The van der Waals surface area contributed by atoms with E-state index in [4.69, 9.17) is 16.0 Å². The van der Waals surface area contributed by atoms with Crippen LogP contribution in [0.25, 0.3) is 10.7 Å². The van der Waals surface area contributed by atoms with E-state index in [0.29, 0.717) is 44.2 Å². The van der Waals surface area contributed by atoms with Crippen molar-refractivity contribution in [3.05, 3.63) is 64.6 Å². The summed E-state index contributed by atoms with van der Waals surface area (Å²) in [4.78, 5) is 25.8. The van der Waals surface area contributed by atoms with E-state index < -0.39 is 11.9 Å². The van der Waals surface area contributed by atoms with Crippen LogP contribution in [-0.2, 0) is 16.0 Å². The number of halogens is 1. The van der Waals surface area contributed by atoms with Gasteiger partial charge in [-0.1, -0.05) is 6.07 Å². The number of aromatic nitrogens is 5. The number of pyridine rings is 1. The first-order valence-electron chi connectivity index (χ1n) is 12.2. The number of carbonyl (C=O) groups excluding carboxylic acids is 1. The van der Waals surface area contributed by atoms with Gasteiger partial charge in [0.25, 0.3) is 0 Å². The average molecular weight is 505 g/mol. The number of tetrazole rings is 1. The second-order valence-corrected chi connectivity index (χ2v) is 9.46. The van der Waals surface area contributed by atoms with Crippen molar-refractivity contribution in [2.24, 2.45) is 0 Å². The number of hydrogen-bond acceptors (Lipinski definition) is 8. The predicted octanol–water partition coefficient (Wildman–Crippen LogP) is 2.07. The molecule has 190 valence electrons. The molecule has 3 aromatic rings. The third-order valence-electron chi connectivity index (χ3n) is 7.49. The Bertz CT molecular complexity index is 1370. The number of nitrogens with zero attached hydrogens (tertiary/aromatic N) is 8. The van der Waals surface area contributed by atoms with Gasteiger partial charge in [-0.3, -0.25) is 9.69 Å². The molecule has 0 radical (unpaired) electrons. The van der Waals surface area contributed by atoms with Crippen molar-refractivity contribution >= 4 is 11.6 Å². The summed E-state index contributed by atoms with van der Waals surface area (Å²) in [6, 6.07) is 6.60. The smallest absolute Gasteiger partial charge is 0.230 e. The summed E-state index contributed by atoms with van der Waals surface area (Å²) in [7, 11) is 1.42. The summed E-state index contributed by atoms with van der Waals surface area (Å²) in [5.41, 5.74) is 2.50. The molecule has 2 saturated heterocycles. The molecule has 0 saturated carbocycles. The van der Waals surface area contributed by atoms with Crippen LogP contribution in [0.15, 0.2) is 30.6 Å². The molecule has 1 unspecified atom stereocenters. The van der Waals surface area contributed by atoms with E-state index in [-0.39, 0.29) is 29.3 Å². The molecule has 12 heteroatoms. The first kappa shape index (κ1) is 23.4. The zero-order chi connectivity index (χ0) is 25.5. The normalized spacial score (nSPS) is 23.3. The Balaban J connectivity index is 1.12. The summed E-state index contributed by atoms with van der Waals surface area (Å²) in [5, 5.41) is 11.2. The average Bonchev–Trinajstić information content (AvgIpc) is 3.62. The zero-order valence-electron chi connectivity index (χ0n) is 20.2. The van der Waals surface area contributed by atoms with Crippen LogP contribution < -0.4 is 4.74 Å². The highest BCUT2D eigenvalue weighted by Crippen LogP contribution is 2.37. The number of amides is 1. The Labute approximate surface area is 212 Å². The molecule has 1 aromatic carbocycles. The summed E-state index contributed by atoms with van der Waals surface area (Å²) >= 11 is 0. The zero-order valence-corrected chi connectivity index (χ0v) is 20.2. The monoisotopic (exact) mass is 504 g/mol. The highest BCUT2D eigenvalue weighted by molar-refractivity contribution is 5.85. The van der Waals surface area contributed by atoms with Gasteiger partial charge in [0, 0.05) is 43.5 Å². The number of piperazine rings is 1. The van der Waals surface area contributed by atoms with Gasteiger partial charge in [-0.15, -0.1) is 5.10 Å². The maximum Gasteiger partial charge on any atom is 0.230 e. The molecule has 37 heavy (non-hydrogen) atoms. The minimum absolute atomic E-state index is 0.0387. The molecule has 3 atom stereocenters. The standard InChI is InChI=1S/C25H25FN8O3/c1-27-21-9-18(19(26)10-22(21)36-2)23-12-32-7-8-33(11-15(32)13-37-23)25(35)17-3-5-20-16(17)4-6-24(29-20)34-14-28-30-31-34/h4,6,9-10,14-15,17,23H,3,5,7-8,11-13H2,2H3/t15-,17?,23-/m1/s1. The van der Waals surface area contributed by atoms with Gasteiger partial charge in [0.1, 0.15) is 17.9 Å². The second kappa shape index (κ2) is 9.49. The van der Waals surface area contributed by atoms with E-state index in [2.05, 4.69) is 30.3 Å². The van der Waals surface area contributed by atoms with Crippen LogP contribution in [0.2, 0.25) is 0 Å². The quantitative estimate of drug-likeness (QED) is 0.498. The molecular formula is C25H25FN8O3. The Morgan fingerprint density at radius 3 is 2.92 bits per heavy atom. The fourth-order valence-corrected chi connectivity index (χ4v) is 5.56. The number of methoxy groups -OCH3 is 1. The summed E-state index contributed by atoms with van der Waals surface area (Å²) in [6.07, 6.45) is 2.47. The number of rotatable bonds is 4. The molecule has 0 spiro atoms. The highest BCUT2D eigenvalue weighted by atomic mass is 19.1. The number of hydrogen-bond donors (Lipinski definition) is 0. The molecule has 6 rings (SSSR count). The van der Waals surface area contributed by atoms with Gasteiger partial charge in [0.15, 0.2) is 5.82 Å². The lowest BCUT2D eigenvalue weighted by molar-refractivity contribution is -0.141. The molecule has 0 bridgehead atoms. The van der Waals surface area contributed by atoms with Gasteiger partial charge in [-0.05, 0) is 41.0 Å². The number of fused-ring (bicyclic) bond motifs is 2. The van der Waals surface area contributed by atoms with Crippen molar-refractivity contribution in [3.8, 4) is 11.6 Å². The van der Waals surface area contributed by atoms with Crippen molar-refractivity contribution < 1.29 is 18.7 Å². The minimum atomic E-state index is -0.480. The predicted molar refractivity (Wildman–Crippen MR) is 128 cm³/mol. The Morgan fingerprint density at radius 2 is 2.14 bits per heavy atom. The molecule has 0 N–H and O–H groups in total. The molecule has 11 nitrogen and oxygen atoms in total. The lowest BCUT2D eigenvalue weighted by Gasteiger charge is -2.46. The summed E-state index contributed by atoms with van der Waals surface area (Å²) < 4.78 is 27.4. The van der Waals surface area contributed by atoms with Gasteiger partial charge >= 0.3 is 0 Å². The van der Waals surface area contributed by atoms with Gasteiger partial charge in [0.05, 0.1) is 38.4 Å². The molecule has 1 aliphatic carbocycles. The van der Waals surface area contributed by atoms with Crippen LogP contribution in [0.5, 0.6) is 5.75 Å². The minimum Gasteiger partial charge on any atom is -0.508 e. The van der Waals surface area contributed by atoms with Gasteiger partial charge in [0.2, 0.25) is 11.6 Å². The molecule has 2 aliphatic heterocycles. The molecule has 3 aliphatic rings.